The second-order valence-electron chi connectivity index (χ2n) is 5.96. The van der Waals surface area contributed by atoms with Gasteiger partial charge in [-0.2, -0.15) is 4.98 Å². The number of nitrogens with two attached hydrogens (primary N) is 2. The molecule has 0 radical (unpaired) electrons. The fourth-order valence-corrected chi connectivity index (χ4v) is 2.92. The molecule has 0 spiro atoms. The summed E-state index contributed by atoms with van der Waals surface area (Å²) in [5.74, 6) is 0.561. The zero-order valence-electron chi connectivity index (χ0n) is 13.8. The molecule has 4 N–H and O–H groups in total. The average molecular weight is 327 g/mol. The number of benzene rings is 2. The summed E-state index contributed by atoms with van der Waals surface area (Å²) in [5.41, 5.74) is 17.7. The molecule has 0 bridgehead atoms. The van der Waals surface area contributed by atoms with Gasteiger partial charge in [-0.3, -0.25) is 4.98 Å². The second kappa shape index (κ2) is 5.87. The molecule has 0 fully saturated rings. The van der Waals surface area contributed by atoms with E-state index in [1.54, 1.807) is 6.20 Å². The van der Waals surface area contributed by atoms with Gasteiger partial charge in [-0.05, 0) is 30.7 Å². The highest BCUT2D eigenvalue weighted by atomic mass is 15.0. The van der Waals surface area contributed by atoms with Gasteiger partial charge in [-0.1, -0.05) is 42.0 Å². The molecule has 0 amide bonds. The Hall–Kier alpha value is -3.47. The van der Waals surface area contributed by atoms with Crippen molar-refractivity contribution in [1.29, 1.82) is 0 Å². The van der Waals surface area contributed by atoms with E-state index < -0.39 is 0 Å². The molecule has 2 aromatic heterocycles. The molecule has 122 valence electrons. The third-order valence-electron chi connectivity index (χ3n) is 4.19. The summed E-state index contributed by atoms with van der Waals surface area (Å²) in [4.78, 5) is 12.9. The third-order valence-corrected chi connectivity index (χ3v) is 4.19. The Labute approximate surface area is 145 Å². The van der Waals surface area contributed by atoms with E-state index in [2.05, 4.69) is 52.2 Å². The molecule has 0 atom stereocenters. The zero-order valence-corrected chi connectivity index (χ0v) is 13.8. The highest BCUT2D eigenvalue weighted by molar-refractivity contribution is 5.93. The number of rotatable bonds is 2. The molecule has 0 aliphatic heterocycles. The Bertz CT molecular complexity index is 1070. The molecule has 5 heteroatoms. The van der Waals surface area contributed by atoms with Crippen molar-refractivity contribution in [2.75, 3.05) is 11.5 Å². The monoisotopic (exact) mass is 327 g/mol. The molecule has 2 heterocycles. The largest absolute Gasteiger partial charge is 0.383 e. The highest BCUT2D eigenvalue weighted by Gasteiger charge is 2.11. The van der Waals surface area contributed by atoms with Gasteiger partial charge in [0.1, 0.15) is 5.82 Å². The van der Waals surface area contributed by atoms with E-state index in [9.17, 15) is 0 Å². The molecule has 0 aliphatic rings. The van der Waals surface area contributed by atoms with Crippen LogP contribution in [-0.4, -0.2) is 15.0 Å². The van der Waals surface area contributed by atoms with Crippen LogP contribution in [0.3, 0.4) is 0 Å². The first-order valence-electron chi connectivity index (χ1n) is 7.97. The van der Waals surface area contributed by atoms with Gasteiger partial charge in [-0.15, -0.1) is 0 Å². The topological polar surface area (TPSA) is 90.7 Å². The Morgan fingerprint density at radius 3 is 2.40 bits per heavy atom. The maximum absolute atomic E-state index is 5.94. The zero-order chi connectivity index (χ0) is 17.4. The van der Waals surface area contributed by atoms with E-state index in [0.29, 0.717) is 5.82 Å². The first kappa shape index (κ1) is 15.1. The molecule has 25 heavy (non-hydrogen) atoms. The minimum Gasteiger partial charge on any atom is -0.383 e. The molecular weight excluding hydrogens is 310 g/mol. The van der Waals surface area contributed by atoms with Gasteiger partial charge in [0.15, 0.2) is 0 Å². The maximum atomic E-state index is 5.94. The SMILES string of the molecule is Cc1ccc(-c2ncccc2-c2ccc3c(N)nc(N)nc3c2)cc1. The van der Waals surface area contributed by atoms with Crippen LogP contribution >= 0.6 is 0 Å². The number of hydrogen-bond donors (Lipinski definition) is 2. The van der Waals surface area contributed by atoms with E-state index >= 15 is 0 Å². The van der Waals surface area contributed by atoms with Crippen molar-refractivity contribution in [2.45, 2.75) is 6.92 Å². The number of nitrogens with zero attached hydrogens (tertiary/aromatic N) is 3. The third kappa shape index (κ3) is 2.76. The summed E-state index contributed by atoms with van der Waals surface area (Å²) in [5, 5.41) is 0.790. The van der Waals surface area contributed by atoms with Crippen LogP contribution in [-0.2, 0) is 0 Å². The number of pyridine rings is 1. The van der Waals surface area contributed by atoms with Gasteiger partial charge in [0.2, 0.25) is 5.95 Å². The predicted octanol–water partition coefficient (Wildman–Crippen LogP) is 3.83. The smallest absolute Gasteiger partial charge is 0.222 e. The lowest BCUT2D eigenvalue weighted by Crippen LogP contribution is -2.00. The van der Waals surface area contributed by atoms with Crippen LogP contribution in [0, 0.1) is 6.92 Å². The minimum atomic E-state index is 0.173. The lowest BCUT2D eigenvalue weighted by atomic mass is 9.98. The quantitative estimate of drug-likeness (QED) is 0.584. The van der Waals surface area contributed by atoms with Gasteiger partial charge >= 0.3 is 0 Å². The maximum Gasteiger partial charge on any atom is 0.222 e. The van der Waals surface area contributed by atoms with Gasteiger partial charge in [-0.25, -0.2) is 4.98 Å². The number of aromatic nitrogens is 3. The van der Waals surface area contributed by atoms with Crippen LogP contribution < -0.4 is 11.5 Å². The average Bonchev–Trinajstić information content (AvgIpc) is 2.62. The molecular formula is C20H17N5. The van der Waals surface area contributed by atoms with Gasteiger partial charge in [0.05, 0.1) is 11.2 Å². The summed E-state index contributed by atoms with van der Waals surface area (Å²) in [7, 11) is 0. The van der Waals surface area contributed by atoms with E-state index in [0.717, 1.165) is 33.3 Å². The molecule has 4 rings (SSSR count). The number of hydrogen-bond acceptors (Lipinski definition) is 5. The molecule has 0 saturated carbocycles. The lowest BCUT2D eigenvalue weighted by Gasteiger charge is -2.10. The van der Waals surface area contributed by atoms with Crippen LogP contribution in [0.1, 0.15) is 5.56 Å². The number of anilines is 2. The van der Waals surface area contributed by atoms with Crippen LogP contribution in [0.15, 0.2) is 60.8 Å². The molecule has 0 unspecified atom stereocenters. The second-order valence-corrected chi connectivity index (χ2v) is 5.96. The van der Waals surface area contributed by atoms with Gasteiger partial charge < -0.3 is 11.5 Å². The predicted molar refractivity (Wildman–Crippen MR) is 102 cm³/mol. The van der Waals surface area contributed by atoms with Gasteiger partial charge in [0, 0.05) is 22.7 Å². The highest BCUT2D eigenvalue weighted by Crippen LogP contribution is 2.32. The van der Waals surface area contributed by atoms with E-state index in [4.69, 9.17) is 11.5 Å². The Balaban J connectivity index is 1.90. The van der Waals surface area contributed by atoms with Gasteiger partial charge in [0.25, 0.3) is 0 Å². The lowest BCUT2D eigenvalue weighted by molar-refractivity contribution is 1.24. The van der Waals surface area contributed by atoms with Crippen LogP contribution in [0.5, 0.6) is 0 Å². The summed E-state index contributed by atoms with van der Waals surface area (Å²) in [6, 6.07) is 18.2. The van der Waals surface area contributed by atoms with Crippen LogP contribution in [0.25, 0.3) is 33.3 Å². The van der Waals surface area contributed by atoms with E-state index in [-0.39, 0.29) is 5.95 Å². The summed E-state index contributed by atoms with van der Waals surface area (Å²) < 4.78 is 0. The number of fused-ring (bicyclic) bond motifs is 1. The standard InChI is InChI=1S/C20H17N5/c1-12-4-6-13(7-5-12)18-15(3-2-10-23-18)14-8-9-16-17(11-14)24-20(22)25-19(16)21/h2-11H,1H3,(H4,21,22,24,25). The fraction of sp³-hybridized carbons (Fsp3) is 0.0500. The van der Waals surface area contributed by atoms with E-state index in [1.165, 1.54) is 5.56 Å². The first-order chi connectivity index (χ1) is 12.1. The van der Waals surface area contributed by atoms with Crippen molar-refractivity contribution in [1.82, 2.24) is 15.0 Å². The Morgan fingerprint density at radius 2 is 1.60 bits per heavy atom. The van der Waals surface area contributed by atoms with E-state index in [1.807, 2.05) is 24.3 Å². The summed E-state index contributed by atoms with van der Waals surface area (Å²) in [6.07, 6.45) is 1.80. The normalized spacial score (nSPS) is 10.9. The van der Waals surface area contributed by atoms with Crippen molar-refractivity contribution in [3.63, 3.8) is 0 Å². The van der Waals surface area contributed by atoms with Crippen molar-refractivity contribution in [3.8, 4) is 22.4 Å². The summed E-state index contributed by atoms with van der Waals surface area (Å²) in [6.45, 7) is 2.07. The Kier molecular flexibility index (Phi) is 3.54. The van der Waals surface area contributed by atoms with Crippen molar-refractivity contribution >= 4 is 22.7 Å². The molecule has 5 nitrogen and oxygen atoms in total. The van der Waals surface area contributed by atoms with Crippen molar-refractivity contribution in [2.24, 2.45) is 0 Å². The Morgan fingerprint density at radius 1 is 0.840 bits per heavy atom. The molecule has 2 aromatic carbocycles. The van der Waals surface area contributed by atoms with Crippen LogP contribution in [0.2, 0.25) is 0 Å². The molecule has 4 aromatic rings. The molecule has 0 aliphatic carbocycles. The van der Waals surface area contributed by atoms with Crippen molar-refractivity contribution < 1.29 is 0 Å². The number of aryl methyl sites for hydroxylation is 1. The van der Waals surface area contributed by atoms with Crippen LogP contribution in [0.4, 0.5) is 11.8 Å². The number of nitrogen functional groups attached to an aromatic ring is 2. The fourth-order valence-electron chi connectivity index (χ4n) is 2.92. The summed E-state index contributed by atoms with van der Waals surface area (Å²) >= 11 is 0. The first-order valence-corrected chi connectivity index (χ1v) is 7.97. The van der Waals surface area contributed by atoms with Crippen molar-refractivity contribution in [3.05, 3.63) is 66.4 Å². The molecule has 0 saturated heterocycles. The minimum absolute atomic E-state index is 0.173.